The number of hydrogen-bond acceptors (Lipinski definition) is 9. The van der Waals surface area contributed by atoms with Crippen LogP contribution in [0.1, 0.15) is 97.3 Å². The highest BCUT2D eigenvalue weighted by atomic mass is 16.7. The Morgan fingerprint density at radius 1 is 0.838 bits per heavy atom. The predicted molar refractivity (Wildman–Crippen MR) is 141 cm³/mol. The second-order valence-electron chi connectivity index (χ2n) is 9.92. The lowest BCUT2D eigenvalue weighted by Crippen LogP contribution is -2.59. The van der Waals surface area contributed by atoms with E-state index in [1.165, 1.54) is 71.1 Å². The molecule has 6 atom stereocenters. The van der Waals surface area contributed by atoms with Crippen LogP contribution in [0.4, 0.5) is 0 Å². The molecule has 0 saturated carbocycles. The number of ether oxygens (including phenoxy) is 4. The van der Waals surface area contributed by atoms with Crippen LogP contribution in [0.25, 0.3) is 0 Å². The monoisotopic (exact) mass is 532 g/mol. The quantitative estimate of drug-likeness (QED) is 0.0940. The van der Waals surface area contributed by atoms with Crippen molar-refractivity contribution in [2.24, 2.45) is 0 Å². The lowest BCUT2D eigenvalue weighted by atomic mass is 9.99. The topological polar surface area (TPSA) is 135 Å². The van der Waals surface area contributed by atoms with Crippen molar-refractivity contribution in [2.45, 2.75) is 134 Å². The van der Waals surface area contributed by atoms with Crippen molar-refractivity contribution in [2.75, 3.05) is 26.4 Å². The van der Waals surface area contributed by atoms with Crippen molar-refractivity contribution in [3.63, 3.8) is 0 Å². The van der Waals surface area contributed by atoms with E-state index < -0.39 is 49.4 Å². The first-order valence-electron chi connectivity index (χ1n) is 14.2. The van der Waals surface area contributed by atoms with Crippen LogP contribution >= 0.6 is 0 Å². The van der Waals surface area contributed by atoms with Gasteiger partial charge >= 0.3 is 5.97 Å². The van der Waals surface area contributed by atoms with Gasteiger partial charge < -0.3 is 39.4 Å². The molecule has 0 amide bonds. The number of carbonyl (C=O) groups is 1. The first-order valence-corrected chi connectivity index (χ1v) is 14.2. The third-order valence-electron chi connectivity index (χ3n) is 6.48. The second-order valence-corrected chi connectivity index (χ2v) is 9.92. The molecule has 0 aromatic heterocycles. The molecular formula is C28H52O9. The van der Waals surface area contributed by atoms with E-state index >= 15 is 0 Å². The number of hydrogen-bond donors (Lipinski definition) is 4. The zero-order valence-corrected chi connectivity index (χ0v) is 23.0. The minimum atomic E-state index is -1.53. The summed E-state index contributed by atoms with van der Waals surface area (Å²) in [6.07, 6.45) is 13.0. The van der Waals surface area contributed by atoms with Crippen LogP contribution in [0.5, 0.6) is 0 Å². The van der Waals surface area contributed by atoms with E-state index in [0.29, 0.717) is 6.61 Å². The van der Waals surface area contributed by atoms with Gasteiger partial charge in [-0.3, -0.25) is 4.79 Å². The summed E-state index contributed by atoms with van der Waals surface area (Å²) < 4.78 is 21.7. The Labute approximate surface area is 223 Å². The van der Waals surface area contributed by atoms with E-state index in [1.807, 2.05) is 0 Å². The molecule has 9 heteroatoms. The van der Waals surface area contributed by atoms with Crippen molar-refractivity contribution >= 4 is 5.97 Å². The molecule has 0 radical (unpaired) electrons. The highest BCUT2D eigenvalue weighted by molar-refractivity contribution is 5.66. The maximum absolute atomic E-state index is 11.4. The summed E-state index contributed by atoms with van der Waals surface area (Å²) in [5.41, 5.74) is 0. The molecule has 1 saturated heterocycles. The van der Waals surface area contributed by atoms with E-state index in [9.17, 15) is 25.2 Å². The molecule has 37 heavy (non-hydrogen) atoms. The van der Waals surface area contributed by atoms with Crippen LogP contribution in [0.3, 0.4) is 0 Å². The Bertz CT molecular complexity index is 584. The summed E-state index contributed by atoms with van der Waals surface area (Å²) >= 11 is 0. The van der Waals surface area contributed by atoms with Crippen LogP contribution in [0.15, 0.2) is 12.2 Å². The lowest BCUT2D eigenvalue weighted by molar-refractivity contribution is -0.305. The summed E-state index contributed by atoms with van der Waals surface area (Å²) in [4.78, 5) is 11.4. The van der Waals surface area contributed by atoms with E-state index in [1.54, 1.807) is 0 Å². The third kappa shape index (κ3) is 15.8. The van der Waals surface area contributed by atoms with Gasteiger partial charge in [0, 0.05) is 13.5 Å². The van der Waals surface area contributed by atoms with Gasteiger partial charge in [0.15, 0.2) is 6.29 Å². The van der Waals surface area contributed by atoms with E-state index in [0.717, 1.165) is 19.3 Å². The zero-order valence-electron chi connectivity index (χ0n) is 23.0. The highest BCUT2D eigenvalue weighted by Crippen LogP contribution is 2.22. The normalized spacial score (nSPS) is 25.0. The van der Waals surface area contributed by atoms with Crippen LogP contribution in [-0.2, 0) is 23.7 Å². The SMILES string of the molecule is CCCCCCC/C=C\CCCCCCCCOCC(COC1OC(CO)C(O)C(O)C1O)OC(C)=O. The van der Waals surface area contributed by atoms with Gasteiger partial charge in [-0.05, 0) is 32.1 Å². The molecule has 0 spiro atoms. The Kier molecular flexibility index (Phi) is 20.0. The van der Waals surface area contributed by atoms with Crippen molar-refractivity contribution in [1.82, 2.24) is 0 Å². The van der Waals surface area contributed by atoms with Crippen LogP contribution in [0, 0.1) is 0 Å². The van der Waals surface area contributed by atoms with E-state index in [4.69, 9.17) is 18.9 Å². The van der Waals surface area contributed by atoms with Gasteiger partial charge in [-0.25, -0.2) is 0 Å². The fraction of sp³-hybridized carbons (Fsp3) is 0.893. The number of aliphatic hydroxyl groups excluding tert-OH is 4. The average molecular weight is 533 g/mol. The number of esters is 1. The van der Waals surface area contributed by atoms with E-state index in [2.05, 4.69) is 19.1 Å². The van der Waals surface area contributed by atoms with E-state index in [-0.39, 0.29) is 13.2 Å². The largest absolute Gasteiger partial charge is 0.458 e. The van der Waals surface area contributed by atoms with Crippen molar-refractivity contribution in [3.05, 3.63) is 12.2 Å². The van der Waals surface area contributed by atoms with Gasteiger partial charge in [0.25, 0.3) is 0 Å². The summed E-state index contributed by atoms with van der Waals surface area (Å²) in [7, 11) is 0. The average Bonchev–Trinajstić information content (AvgIpc) is 2.88. The molecule has 1 aliphatic rings. The molecule has 1 rings (SSSR count). The number of allylic oxidation sites excluding steroid dienone is 2. The Morgan fingerprint density at radius 2 is 1.43 bits per heavy atom. The fourth-order valence-corrected chi connectivity index (χ4v) is 4.25. The van der Waals surface area contributed by atoms with Crippen molar-refractivity contribution in [3.8, 4) is 0 Å². The first kappa shape index (κ1) is 34.0. The van der Waals surface area contributed by atoms with Crippen LogP contribution in [0.2, 0.25) is 0 Å². The summed E-state index contributed by atoms with van der Waals surface area (Å²) in [6, 6.07) is 0. The highest BCUT2D eigenvalue weighted by Gasteiger charge is 2.44. The minimum Gasteiger partial charge on any atom is -0.458 e. The zero-order chi connectivity index (χ0) is 27.3. The first-order chi connectivity index (χ1) is 17.9. The van der Waals surface area contributed by atoms with Gasteiger partial charge in [0.1, 0.15) is 30.5 Å². The molecule has 218 valence electrons. The molecule has 1 aliphatic heterocycles. The standard InChI is InChI=1S/C28H52O9/c1-3-4-5-6-7-8-9-10-11-12-13-14-15-16-17-18-34-20-23(36-22(2)30)21-35-28-27(33)26(32)25(31)24(19-29)37-28/h9-10,23-29,31-33H,3-8,11-21H2,1-2H3/b10-9-. The summed E-state index contributed by atoms with van der Waals surface area (Å²) in [5.74, 6) is -0.493. The fourth-order valence-electron chi connectivity index (χ4n) is 4.25. The lowest BCUT2D eigenvalue weighted by Gasteiger charge is -2.39. The molecule has 1 heterocycles. The molecule has 1 fully saturated rings. The van der Waals surface area contributed by atoms with Gasteiger partial charge in [0.2, 0.25) is 0 Å². The van der Waals surface area contributed by atoms with Crippen LogP contribution in [-0.4, -0.2) is 89.6 Å². The van der Waals surface area contributed by atoms with Gasteiger partial charge in [-0.1, -0.05) is 70.4 Å². The summed E-state index contributed by atoms with van der Waals surface area (Å²) in [6.45, 7) is 3.52. The molecule has 4 N–H and O–H groups in total. The van der Waals surface area contributed by atoms with Crippen LogP contribution < -0.4 is 0 Å². The summed E-state index contributed by atoms with van der Waals surface area (Å²) in [5, 5.41) is 39.0. The van der Waals surface area contributed by atoms with Gasteiger partial charge in [-0.2, -0.15) is 0 Å². The maximum atomic E-state index is 11.4. The third-order valence-corrected chi connectivity index (χ3v) is 6.48. The minimum absolute atomic E-state index is 0.127. The molecule has 0 aliphatic carbocycles. The Hall–Kier alpha value is -1.07. The van der Waals surface area contributed by atoms with Gasteiger partial charge in [0.05, 0.1) is 19.8 Å². The molecule has 9 nitrogen and oxygen atoms in total. The molecule has 0 aromatic carbocycles. The molecule has 6 unspecified atom stereocenters. The number of rotatable bonds is 22. The molecular weight excluding hydrogens is 480 g/mol. The predicted octanol–water partition coefficient (Wildman–Crippen LogP) is 3.40. The molecule has 0 bridgehead atoms. The van der Waals surface area contributed by atoms with Crippen molar-refractivity contribution in [1.29, 1.82) is 0 Å². The second kappa shape index (κ2) is 21.8. The maximum Gasteiger partial charge on any atom is 0.303 e. The van der Waals surface area contributed by atoms with Crippen molar-refractivity contribution < 1.29 is 44.2 Å². The Balaban J connectivity index is 2.10. The molecule has 0 aromatic rings. The smallest absolute Gasteiger partial charge is 0.303 e. The van der Waals surface area contributed by atoms with Gasteiger partial charge in [-0.15, -0.1) is 0 Å². The number of carbonyl (C=O) groups excluding carboxylic acids is 1. The number of unbranched alkanes of at least 4 members (excludes halogenated alkanes) is 11. The Morgan fingerprint density at radius 3 is 2.03 bits per heavy atom. The number of aliphatic hydroxyl groups is 4.